The summed E-state index contributed by atoms with van der Waals surface area (Å²) in [6, 6.07) is 10.7. The van der Waals surface area contributed by atoms with Crippen LogP contribution in [0.4, 0.5) is 0 Å². The number of hydrogen-bond acceptors (Lipinski definition) is 5. The molecular weight excluding hydrogens is 410 g/mol. The number of nitrogens with zero attached hydrogens (tertiary/aromatic N) is 1. The lowest BCUT2D eigenvalue weighted by atomic mass is 10.1. The molecule has 4 rings (SSSR count). The molecule has 1 aliphatic heterocycles. The van der Waals surface area contributed by atoms with E-state index in [0.717, 1.165) is 46.1 Å². The summed E-state index contributed by atoms with van der Waals surface area (Å²) >= 11 is 3.70. The van der Waals surface area contributed by atoms with Gasteiger partial charge in [-0.2, -0.15) is 0 Å². The Balaban J connectivity index is 1.58. The van der Waals surface area contributed by atoms with Gasteiger partial charge in [-0.05, 0) is 48.7 Å². The molecule has 1 aliphatic carbocycles. The minimum atomic E-state index is 0.598. The fourth-order valence-electron chi connectivity index (χ4n) is 3.42. The second-order valence-electron chi connectivity index (χ2n) is 6.90. The molecule has 27 heavy (non-hydrogen) atoms. The van der Waals surface area contributed by atoms with Crippen LogP contribution in [0.5, 0.6) is 23.0 Å². The Hall–Kier alpha value is -1.92. The predicted octanol–water partition coefficient (Wildman–Crippen LogP) is 4.40. The Kier molecular flexibility index (Phi) is 5.45. The normalized spacial score (nSPS) is 15.7. The van der Waals surface area contributed by atoms with Crippen LogP contribution < -0.4 is 18.9 Å². The summed E-state index contributed by atoms with van der Waals surface area (Å²) in [5, 5.41) is 0. The highest BCUT2D eigenvalue weighted by molar-refractivity contribution is 9.10. The lowest BCUT2D eigenvalue weighted by molar-refractivity contribution is 0.170. The largest absolute Gasteiger partial charge is 0.497 e. The van der Waals surface area contributed by atoms with Gasteiger partial charge >= 0.3 is 0 Å². The minimum absolute atomic E-state index is 0.598. The van der Waals surface area contributed by atoms with E-state index < -0.39 is 0 Å². The number of benzene rings is 2. The van der Waals surface area contributed by atoms with Gasteiger partial charge in [0.25, 0.3) is 0 Å². The van der Waals surface area contributed by atoms with Gasteiger partial charge in [0.15, 0.2) is 11.5 Å². The molecule has 0 saturated heterocycles. The van der Waals surface area contributed by atoms with Crippen LogP contribution in [0.3, 0.4) is 0 Å². The van der Waals surface area contributed by atoms with Crippen LogP contribution in [-0.4, -0.2) is 38.4 Å². The van der Waals surface area contributed by atoms with Crippen molar-refractivity contribution < 1.29 is 18.9 Å². The summed E-state index contributed by atoms with van der Waals surface area (Å²) in [6.45, 7) is 2.85. The van der Waals surface area contributed by atoms with Crippen molar-refractivity contribution in [2.45, 2.75) is 32.0 Å². The molecule has 0 bridgehead atoms. The molecule has 6 heteroatoms. The second-order valence-corrected chi connectivity index (χ2v) is 7.76. The molecular formula is C21H24BrNO4. The molecule has 0 amide bonds. The first-order chi connectivity index (χ1) is 13.2. The molecule has 1 saturated carbocycles. The van der Waals surface area contributed by atoms with Crippen molar-refractivity contribution in [3.63, 3.8) is 0 Å². The molecule has 0 spiro atoms. The lowest BCUT2D eigenvalue weighted by Crippen LogP contribution is -2.26. The highest BCUT2D eigenvalue weighted by atomic mass is 79.9. The SMILES string of the molecule is COc1ccc(OC)c(CN(Cc2cc3c(cc2Br)OCCO3)C2CC2)c1. The second kappa shape index (κ2) is 7.98. The fourth-order valence-corrected chi connectivity index (χ4v) is 3.87. The third-order valence-electron chi connectivity index (χ3n) is 5.01. The molecule has 144 valence electrons. The Morgan fingerprint density at radius 1 is 0.963 bits per heavy atom. The Morgan fingerprint density at radius 3 is 2.33 bits per heavy atom. The van der Waals surface area contributed by atoms with Gasteiger partial charge in [-0.1, -0.05) is 15.9 Å². The van der Waals surface area contributed by atoms with Crippen molar-refractivity contribution in [3.05, 3.63) is 45.9 Å². The van der Waals surface area contributed by atoms with E-state index in [1.165, 1.54) is 18.4 Å². The van der Waals surface area contributed by atoms with Gasteiger partial charge in [-0.15, -0.1) is 0 Å². The fraction of sp³-hybridized carbons (Fsp3) is 0.429. The van der Waals surface area contributed by atoms with E-state index >= 15 is 0 Å². The van der Waals surface area contributed by atoms with Crippen LogP contribution in [0.1, 0.15) is 24.0 Å². The smallest absolute Gasteiger partial charge is 0.162 e. The number of halogens is 1. The third kappa shape index (κ3) is 4.17. The number of ether oxygens (including phenoxy) is 4. The van der Waals surface area contributed by atoms with Crippen molar-refractivity contribution in [2.24, 2.45) is 0 Å². The highest BCUT2D eigenvalue weighted by Gasteiger charge is 2.30. The molecule has 2 aromatic carbocycles. The number of hydrogen-bond donors (Lipinski definition) is 0. The van der Waals surface area contributed by atoms with Gasteiger partial charge < -0.3 is 18.9 Å². The number of fused-ring (bicyclic) bond motifs is 1. The molecule has 1 fully saturated rings. The Labute approximate surface area is 168 Å². The van der Waals surface area contributed by atoms with Gasteiger partial charge in [-0.25, -0.2) is 0 Å². The van der Waals surface area contributed by atoms with E-state index in [4.69, 9.17) is 18.9 Å². The number of rotatable bonds is 7. The molecule has 0 radical (unpaired) electrons. The zero-order valence-electron chi connectivity index (χ0n) is 15.7. The predicted molar refractivity (Wildman–Crippen MR) is 107 cm³/mol. The van der Waals surface area contributed by atoms with Gasteiger partial charge in [0, 0.05) is 29.2 Å². The molecule has 0 unspecified atom stereocenters. The van der Waals surface area contributed by atoms with E-state index in [1.807, 2.05) is 18.2 Å². The Morgan fingerprint density at radius 2 is 1.67 bits per heavy atom. The van der Waals surface area contributed by atoms with Crippen molar-refractivity contribution >= 4 is 15.9 Å². The molecule has 2 aromatic rings. The average molecular weight is 434 g/mol. The molecule has 2 aliphatic rings. The summed E-state index contributed by atoms with van der Waals surface area (Å²) in [4.78, 5) is 2.49. The van der Waals surface area contributed by atoms with Crippen LogP contribution >= 0.6 is 15.9 Å². The summed E-state index contributed by atoms with van der Waals surface area (Å²) in [7, 11) is 3.40. The molecule has 0 aromatic heterocycles. The van der Waals surface area contributed by atoms with Crippen LogP contribution in [0.2, 0.25) is 0 Å². The van der Waals surface area contributed by atoms with Crippen molar-refractivity contribution in [3.8, 4) is 23.0 Å². The van der Waals surface area contributed by atoms with Gasteiger partial charge in [0.2, 0.25) is 0 Å². The zero-order chi connectivity index (χ0) is 18.8. The lowest BCUT2D eigenvalue weighted by Gasteiger charge is -2.25. The first-order valence-corrected chi connectivity index (χ1v) is 10.00. The van der Waals surface area contributed by atoms with Crippen LogP contribution in [-0.2, 0) is 13.1 Å². The average Bonchev–Trinajstić information content (AvgIpc) is 3.53. The summed E-state index contributed by atoms with van der Waals surface area (Å²) in [6.07, 6.45) is 2.46. The third-order valence-corrected chi connectivity index (χ3v) is 5.75. The first kappa shape index (κ1) is 18.4. The Bertz CT molecular complexity index is 822. The van der Waals surface area contributed by atoms with Crippen LogP contribution in [0, 0.1) is 0 Å². The van der Waals surface area contributed by atoms with Gasteiger partial charge in [0.1, 0.15) is 24.7 Å². The van der Waals surface area contributed by atoms with E-state index in [9.17, 15) is 0 Å². The summed E-state index contributed by atoms with van der Waals surface area (Å²) in [5.41, 5.74) is 2.34. The standard InChI is InChI=1S/C21H24BrNO4/c1-24-17-5-6-19(25-2)15(9-17)13-23(16-3-4-16)12-14-10-20-21(11-18(14)22)27-8-7-26-20/h5-6,9-11,16H,3-4,7-8,12-13H2,1-2H3. The monoisotopic (exact) mass is 433 g/mol. The van der Waals surface area contributed by atoms with Gasteiger partial charge in [-0.3, -0.25) is 4.90 Å². The van der Waals surface area contributed by atoms with E-state index in [-0.39, 0.29) is 0 Å². The zero-order valence-corrected chi connectivity index (χ0v) is 17.3. The first-order valence-electron chi connectivity index (χ1n) is 9.21. The molecule has 1 heterocycles. The topological polar surface area (TPSA) is 40.2 Å². The number of methoxy groups -OCH3 is 2. The minimum Gasteiger partial charge on any atom is -0.497 e. The maximum Gasteiger partial charge on any atom is 0.162 e. The van der Waals surface area contributed by atoms with Crippen LogP contribution in [0.15, 0.2) is 34.8 Å². The van der Waals surface area contributed by atoms with Crippen molar-refractivity contribution in [2.75, 3.05) is 27.4 Å². The van der Waals surface area contributed by atoms with E-state index in [1.54, 1.807) is 14.2 Å². The maximum atomic E-state index is 5.76. The van der Waals surface area contributed by atoms with E-state index in [2.05, 4.69) is 33.0 Å². The molecule has 0 N–H and O–H groups in total. The quantitative estimate of drug-likeness (QED) is 0.646. The molecule has 5 nitrogen and oxygen atoms in total. The summed E-state index contributed by atoms with van der Waals surface area (Å²) in [5.74, 6) is 3.38. The van der Waals surface area contributed by atoms with Gasteiger partial charge in [0.05, 0.1) is 14.2 Å². The molecule has 0 atom stereocenters. The summed E-state index contributed by atoms with van der Waals surface area (Å²) < 4.78 is 23.5. The van der Waals surface area contributed by atoms with Crippen molar-refractivity contribution in [1.82, 2.24) is 4.90 Å². The van der Waals surface area contributed by atoms with E-state index in [0.29, 0.717) is 19.3 Å². The van der Waals surface area contributed by atoms with Crippen molar-refractivity contribution in [1.29, 1.82) is 0 Å². The highest BCUT2D eigenvalue weighted by Crippen LogP contribution is 2.38. The maximum absolute atomic E-state index is 5.76. The van der Waals surface area contributed by atoms with Crippen LogP contribution in [0.25, 0.3) is 0 Å².